The number of nitrogens with zero attached hydrogens (tertiary/aromatic N) is 2. The molecule has 5 nitrogen and oxygen atoms in total. The molecule has 0 aliphatic rings. The molecule has 3 aromatic rings. The van der Waals surface area contributed by atoms with Crippen molar-refractivity contribution in [3.63, 3.8) is 0 Å². The third-order valence-corrected chi connectivity index (χ3v) is 4.04. The zero-order valence-electron chi connectivity index (χ0n) is 13.3. The molecule has 0 fully saturated rings. The predicted molar refractivity (Wildman–Crippen MR) is 87.1 cm³/mol. The Balaban J connectivity index is 2.00. The van der Waals surface area contributed by atoms with Crippen molar-refractivity contribution in [3.8, 4) is 5.75 Å². The quantitative estimate of drug-likeness (QED) is 0.800. The van der Waals surface area contributed by atoms with Crippen LogP contribution in [0.15, 0.2) is 36.5 Å². The topological polar surface area (TPSA) is 63.8 Å². The average molecular weight is 310 g/mol. The van der Waals surface area contributed by atoms with E-state index >= 15 is 0 Å². The molecule has 0 bridgehead atoms. The van der Waals surface area contributed by atoms with Gasteiger partial charge in [0.15, 0.2) is 5.69 Å². The Morgan fingerprint density at radius 1 is 1.17 bits per heavy atom. The van der Waals surface area contributed by atoms with E-state index in [2.05, 4.69) is 4.98 Å². The monoisotopic (exact) mass is 310 g/mol. The SMILES string of the molecule is Cc1cccc(OCc2nc3c(C)cccn3c2C(=O)O)c1C. The Kier molecular flexibility index (Phi) is 3.78. The Labute approximate surface area is 134 Å². The molecule has 0 amide bonds. The van der Waals surface area contributed by atoms with Gasteiger partial charge in [-0.15, -0.1) is 0 Å². The summed E-state index contributed by atoms with van der Waals surface area (Å²) < 4.78 is 7.42. The van der Waals surface area contributed by atoms with Crippen LogP contribution in [0.1, 0.15) is 32.9 Å². The lowest BCUT2D eigenvalue weighted by molar-refractivity contribution is 0.0686. The van der Waals surface area contributed by atoms with E-state index < -0.39 is 5.97 Å². The van der Waals surface area contributed by atoms with Crippen LogP contribution in [0.5, 0.6) is 5.75 Å². The van der Waals surface area contributed by atoms with Crippen molar-refractivity contribution in [3.05, 3.63) is 64.6 Å². The maximum absolute atomic E-state index is 11.6. The van der Waals surface area contributed by atoms with Crippen LogP contribution < -0.4 is 4.74 Å². The molecule has 0 aliphatic heterocycles. The summed E-state index contributed by atoms with van der Waals surface area (Å²) >= 11 is 0. The van der Waals surface area contributed by atoms with Crippen molar-refractivity contribution in [2.24, 2.45) is 0 Å². The predicted octanol–water partition coefficient (Wildman–Crippen LogP) is 3.54. The molecule has 0 aliphatic carbocycles. The zero-order chi connectivity index (χ0) is 16.6. The smallest absolute Gasteiger partial charge is 0.354 e. The summed E-state index contributed by atoms with van der Waals surface area (Å²) in [6, 6.07) is 9.53. The molecule has 3 rings (SSSR count). The molecule has 118 valence electrons. The molecule has 1 aromatic carbocycles. The second-order valence-electron chi connectivity index (χ2n) is 5.58. The lowest BCUT2D eigenvalue weighted by Crippen LogP contribution is -2.08. The molecule has 0 saturated carbocycles. The number of carboxylic acid groups (broad SMARTS) is 1. The van der Waals surface area contributed by atoms with Gasteiger partial charge in [-0.3, -0.25) is 4.40 Å². The van der Waals surface area contributed by atoms with Gasteiger partial charge in [0.2, 0.25) is 0 Å². The number of aryl methyl sites for hydroxylation is 2. The molecule has 0 unspecified atom stereocenters. The van der Waals surface area contributed by atoms with E-state index in [9.17, 15) is 9.90 Å². The molecular weight excluding hydrogens is 292 g/mol. The molecule has 5 heteroatoms. The summed E-state index contributed by atoms with van der Waals surface area (Å²) in [6.07, 6.45) is 1.71. The highest BCUT2D eigenvalue weighted by atomic mass is 16.5. The summed E-state index contributed by atoms with van der Waals surface area (Å²) in [4.78, 5) is 16.1. The van der Waals surface area contributed by atoms with Gasteiger partial charge in [-0.2, -0.15) is 0 Å². The second-order valence-corrected chi connectivity index (χ2v) is 5.58. The van der Waals surface area contributed by atoms with Crippen molar-refractivity contribution in [2.45, 2.75) is 27.4 Å². The molecule has 0 spiro atoms. The van der Waals surface area contributed by atoms with E-state index in [1.54, 1.807) is 10.6 Å². The number of hydrogen-bond donors (Lipinski definition) is 1. The minimum absolute atomic E-state index is 0.118. The van der Waals surface area contributed by atoms with Crippen LogP contribution in [0.3, 0.4) is 0 Å². The summed E-state index contributed by atoms with van der Waals surface area (Å²) in [5, 5.41) is 9.52. The van der Waals surface area contributed by atoms with E-state index in [-0.39, 0.29) is 12.3 Å². The Morgan fingerprint density at radius 2 is 1.91 bits per heavy atom. The first kappa shape index (κ1) is 15.1. The highest BCUT2D eigenvalue weighted by molar-refractivity contribution is 5.88. The number of fused-ring (bicyclic) bond motifs is 1. The largest absolute Gasteiger partial charge is 0.487 e. The minimum atomic E-state index is -1.01. The fourth-order valence-corrected chi connectivity index (χ4v) is 2.60. The van der Waals surface area contributed by atoms with Crippen molar-refractivity contribution >= 4 is 11.6 Å². The first-order valence-corrected chi connectivity index (χ1v) is 7.38. The number of aromatic nitrogens is 2. The summed E-state index contributed by atoms with van der Waals surface area (Å²) in [5.74, 6) is -0.266. The van der Waals surface area contributed by atoms with Gasteiger partial charge in [-0.05, 0) is 49.6 Å². The number of ether oxygens (including phenoxy) is 1. The molecule has 0 atom stereocenters. The minimum Gasteiger partial charge on any atom is -0.487 e. The highest BCUT2D eigenvalue weighted by Gasteiger charge is 2.20. The number of carbonyl (C=O) groups is 1. The fraction of sp³-hybridized carbons (Fsp3) is 0.222. The first-order chi connectivity index (χ1) is 11.0. The van der Waals surface area contributed by atoms with Gasteiger partial charge in [0.25, 0.3) is 0 Å². The van der Waals surface area contributed by atoms with Gasteiger partial charge in [0.05, 0.1) is 0 Å². The number of hydrogen-bond acceptors (Lipinski definition) is 3. The second kappa shape index (κ2) is 5.76. The molecular formula is C18H18N2O3. The third-order valence-electron chi connectivity index (χ3n) is 4.04. The van der Waals surface area contributed by atoms with Crippen molar-refractivity contribution < 1.29 is 14.6 Å². The highest BCUT2D eigenvalue weighted by Crippen LogP contribution is 2.23. The number of aromatic carboxylic acids is 1. The molecule has 0 radical (unpaired) electrons. The maximum Gasteiger partial charge on any atom is 0.354 e. The number of benzene rings is 1. The lowest BCUT2D eigenvalue weighted by atomic mass is 10.1. The standard InChI is InChI=1S/C18H18N2O3/c1-11-6-4-8-15(13(11)3)23-10-14-16(18(21)22)20-9-5-7-12(2)17(20)19-14/h4-9H,10H2,1-3H3,(H,21,22). The molecule has 0 saturated heterocycles. The third kappa shape index (κ3) is 2.65. The molecule has 2 aromatic heterocycles. The van der Waals surface area contributed by atoms with Gasteiger partial charge in [-0.25, -0.2) is 9.78 Å². The maximum atomic E-state index is 11.6. The number of carboxylic acids is 1. The van der Waals surface area contributed by atoms with Gasteiger partial charge in [-0.1, -0.05) is 18.2 Å². The summed E-state index contributed by atoms with van der Waals surface area (Å²) in [5.41, 5.74) is 4.32. The Hall–Kier alpha value is -2.82. The van der Waals surface area contributed by atoms with E-state index in [4.69, 9.17) is 4.74 Å². The van der Waals surface area contributed by atoms with E-state index in [1.807, 2.05) is 51.1 Å². The first-order valence-electron chi connectivity index (χ1n) is 7.38. The molecule has 23 heavy (non-hydrogen) atoms. The summed E-state index contributed by atoms with van der Waals surface area (Å²) in [6.45, 7) is 6.02. The molecule has 1 N–H and O–H groups in total. The van der Waals surface area contributed by atoms with Gasteiger partial charge >= 0.3 is 5.97 Å². The van der Waals surface area contributed by atoms with Crippen molar-refractivity contribution in [2.75, 3.05) is 0 Å². The van der Waals surface area contributed by atoms with Gasteiger partial charge in [0, 0.05) is 6.20 Å². The molecule has 2 heterocycles. The lowest BCUT2D eigenvalue weighted by Gasteiger charge is -2.10. The van der Waals surface area contributed by atoms with E-state index in [0.717, 1.165) is 22.4 Å². The van der Waals surface area contributed by atoms with Crippen LogP contribution in [-0.4, -0.2) is 20.5 Å². The normalized spacial score (nSPS) is 10.9. The Morgan fingerprint density at radius 3 is 2.65 bits per heavy atom. The average Bonchev–Trinajstić information content (AvgIpc) is 2.89. The van der Waals surface area contributed by atoms with Crippen LogP contribution in [0.2, 0.25) is 0 Å². The van der Waals surface area contributed by atoms with Crippen LogP contribution >= 0.6 is 0 Å². The summed E-state index contributed by atoms with van der Waals surface area (Å²) in [7, 11) is 0. The van der Waals surface area contributed by atoms with Crippen LogP contribution in [0.25, 0.3) is 5.65 Å². The van der Waals surface area contributed by atoms with Gasteiger partial charge < -0.3 is 9.84 Å². The Bertz CT molecular complexity index is 897. The van der Waals surface area contributed by atoms with Gasteiger partial charge in [0.1, 0.15) is 23.7 Å². The number of pyridine rings is 1. The van der Waals surface area contributed by atoms with Crippen LogP contribution in [0, 0.1) is 20.8 Å². The fourth-order valence-electron chi connectivity index (χ4n) is 2.60. The van der Waals surface area contributed by atoms with Crippen molar-refractivity contribution in [1.29, 1.82) is 0 Å². The number of imidazole rings is 1. The van der Waals surface area contributed by atoms with Crippen LogP contribution in [0.4, 0.5) is 0 Å². The zero-order valence-corrected chi connectivity index (χ0v) is 13.3. The van der Waals surface area contributed by atoms with E-state index in [1.165, 1.54) is 0 Å². The number of rotatable bonds is 4. The van der Waals surface area contributed by atoms with Crippen LogP contribution in [-0.2, 0) is 6.61 Å². The van der Waals surface area contributed by atoms with Crippen molar-refractivity contribution in [1.82, 2.24) is 9.38 Å². The van der Waals surface area contributed by atoms with E-state index in [0.29, 0.717) is 11.3 Å².